The Hall–Kier alpha value is -2.20. The molecule has 3 saturated heterocycles. The first-order valence-electron chi connectivity index (χ1n) is 8.40. The average molecular weight is 398 g/mol. The van der Waals surface area contributed by atoms with Gasteiger partial charge in [-0.25, -0.2) is 18.4 Å². The number of rotatable bonds is 3. The molecule has 2 unspecified atom stereocenters. The van der Waals surface area contributed by atoms with Crippen LogP contribution in [0.15, 0.2) is 41.6 Å². The van der Waals surface area contributed by atoms with E-state index in [0.717, 1.165) is 42.2 Å². The Balaban J connectivity index is 1.53. The second-order valence-corrected chi connectivity index (χ2v) is 8.67. The number of anilines is 1. The predicted octanol–water partition coefficient (Wildman–Crippen LogP) is 2.46. The highest BCUT2D eigenvalue weighted by Crippen LogP contribution is 2.39. The van der Waals surface area contributed by atoms with Crippen molar-refractivity contribution in [3.05, 3.63) is 47.9 Å². The van der Waals surface area contributed by atoms with Crippen LogP contribution in [0, 0.1) is 6.92 Å². The Kier molecular flexibility index (Phi) is 4.15. The molecule has 0 N–H and O–H groups in total. The van der Waals surface area contributed by atoms with E-state index in [0.29, 0.717) is 13.1 Å². The number of alkyl halides is 3. The van der Waals surface area contributed by atoms with Crippen molar-refractivity contribution in [3.8, 4) is 0 Å². The van der Waals surface area contributed by atoms with Crippen LogP contribution >= 0.6 is 0 Å². The normalized spacial score (nSPS) is 23.2. The van der Waals surface area contributed by atoms with Gasteiger partial charge in [0.1, 0.15) is 12.1 Å². The monoisotopic (exact) mass is 398 g/mol. The summed E-state index contributed by atoms with van der Waals surface area (Å²) in [6.45, 7) is 2.84. The lowest BCUT2D eigenvalue weighted by Crippen LogP contribution is -2.70. The Morgan fingerprint density at radius 2 is 1.70 bits per heavy atom. The third-order valence-corrected chi connectivity index (χ3v) is 7.02. The zero-order chi connectivity index (χ0) is 19.4. The molecule has 0 aliphatic carbocycles. The van der Waals surface area contributed by atoms with Crippen molar-refractivity contribution in [2.75, 3.05) is 18.0 Å². The van der Waals surface area contributed by atoms with Crippen LogP contribution in [0.4, 0.5) is 19.0 Å². The van der Waals surface area contributed by atoms with Crippen LogP contribution in [0.1, 0.15) is 17.7 Å². The van der Waals surface area contributed by atoms with Gasteiger partial charge in [0.25, 0.3) is 0 Å². The largest absolute Gasteiger partial charge is 0.416 e. The molecule has 0 saturated carbocycles. The Morgan fingerprint density at radius 3 is 2.26 bits per heavy atom. The zero-order valence-electron chi connectivity index (χ0n) is 14.4. The van der Waals surface area contributed by atoms with Crippen LogP contribution in [-0.4, -0.2) is 47.9 Å². The minimum absolute atomic E-state index is 0.114. The molecule has 2 bridgehead atoms. The predicted molar refractivity (Wildman–Crippen MR) is 91.6 cm³/mol. The highest BCUT2D eigenvalue weighted by Gasteiger charge is 2.51. The summed E-state index contributed by atoms with van der Waals surface area (Å²) >= 11 is 0. The second-order valence-electron chi connectivity index (χ2n) is 6.82. The lowest BCUT2D eigenvalue weighted by atomic mass is 9.91. The molecule has 4 heterocycles. The Morgan fingerprint density at radius 1 is 1.07 bits per heavy atom. The van der Waals surface area contributed by atoms with E-state index < -0.39 is 21.8 Å². The molecule has 27 heavy (non-hydrogen) atoms. The number of aromatic nitrogens is 2. The molecule has 3 aliphatic rings. The number of piperazine rings is 1. The molecule has 3 fully saturated rings. The smallest absolute Gasteiger partial charge is 0.353 e. The van der Waals surface area contributed by atoms with Crippen LogP contribution < -0.4 is 4.90 Å². The maximum Gasteiger partial charge on any atom is 0.416 e. The topological polar surface area (TPSA) is 66.4 Å². The molecule has 10 heteroatoms. The van der Waals surface area contributed by atoms with Gasteiger partial charge in [-0.2, -0.15) is 17.5 Å². The van der Waals surface area contributed by atoms with E-state index in [9.17, 15) is 21.6 Å². The van der Waals surface area contributed by atoms with Gasteiger partial charge in [0.2, 0.25) is 10.0 Å². The van der Waals surface area contributed by atoms with Crippen LogP contribution in [0.5, 0.6) is 0 Å². The van der Waals surface area contributed by atoms with E-state index in [-0.39, 0.29) is 17.0 Å². The van der Waals surface area contributed by atoms with Crippen LogP contribution in [0.3, 0.4) is 0 Å². The van der Waals surface area contributed by atoms with Crippen molar-refractivity contribution in [2.45, 2.75) is 36.5 Å². The summed E-state index contributed by atoms with van der Waals surface area (Å²) in [6, 6.07) is 5.07. The molecule has 2 aromatic rings. The van der Waals surface area contributed by atoms with Gasteiger partial charge in [0.15, 0.2) is 0 Å². The van der Waals surface area contributed by atoms with Crippen molar-refractivity contribution in [2.24, 2.45) is 0 Å². The van der Waals surface area contributed by atoms with Gasteiger partial charge in [0.05, 0.1) is 10.5 Å². The van der Waals surface area contributed by atoms with Gasteiger partial charge >= 0.3 is 6.18 Å². The fourth-order valence-electron chi connectivity index (χ4n) is 3.71. The van der Waals surface area contributed by atoms with Gasteiger partial charge in [-0.15, -0.1) is 0 Å². The van der Waals surface area contributed by atoms with Gasteiger partial charge in [-0.1, -0.05) is 0 Å². The van der Waals surface area contributed by atoms with Gasteiger partial charge in [-0.05, 0) is 37.6 Å². The third kappa shape index (κ3) is 3.16. The quantitative estimate of drug-likeness (QED) is 0.795. The summed E-state index contributed by atoms with van der Waals surface area (Å²) in [5, 5.41) is 0. The standard InChI is InChI=1S/C17H17F3N4O2S/c1-11-6-16(22-10-21-11)23-8-13-7-14(9-23)24(13)27(25,26)15-4-2-12(3-5-15)17(18,19)20/h2-6,10,13-14H,7-9H2,1H3. The van der Waals surface area contributed by atoms with Crippen LogP contribution in [-0.2, 0) is 16.2 Å². The molecule has 1 aromatic heterocycles. The van der Waals surface area contributed by atoms with Crippen molar-refractivity contribution in [3.63, 3.8) is 0 Å². The number of piperidine rings is 1. The van der Waals surface area contributed by atoms with E-state index in [2.05, 4.69) is 9.97 Å². The number of halogens is 3. The van der Waals surface area contributed by atoms with E-state index in [1.165, 1.54) is 10.6 Å². The first-order chi connectivity index (χ1) is 12.7. The van der Waals surface area contributed by atoms with Crippen molar-refractivity contribution in [1.82, 2.24) is 14.3 Å². The molecule has 5 rings (SSSR count). The zero-order valence-corrected chi connectivity index (χ0v) is 15.2. The lowest BCUT2D eigenvalue weighted by molar-refractivity contribution is -0.137. The molecule has 3 aliphatic heterocycles. The van der Waals surface area contributed by atoms with Gasteiger partial charge < -0.3 is 4.90 Å². The number of sulfonamides is 1. The van der Waals surface area contributed by atoms with E-state index in [1.54, 1.807) is 0 Å². The molecular weight excluding hydrogens is 381 g/mol. The van der Waals surface area contributed by atoms with Gasteiger partial charge in [-0.3, -0.25) is 0 Å². The summed E-state index contributed by atoms with van der Waals surface area (Å²) in [5.74, 6) is 0.753. The lowest BCUT2D eigenvalue weighted by Gasteiger charge is -2.55. The SMILES string of the molecule is Cc1cc(N2CC3CC(C2)N3S(=O)(=O)c2ccc(C(F)(F)F)cc2)ncn1. The molecular formula is C17H17F3N4O2S. The summed E-state index contributed by atoms with van der Waals surface area (Å²) in [4.78, 5) is 10.2. The van der Waals surface area contributed by atoms with E-state index in [4.69, 9.17) is 0 Å². The average Bonchev–Trinajstić information content (AvgIpc) is 2.61. The van der Waals surface area contributed by atoms with E-state index >= 15 is 0 Å². The number of fused-ring (bicyclic) bond motifs is 2. The minimum atomic E-state index is -4.49. The van der Waals surface area contributed by atoms with E-state index in [1.807, 2.05) is 17.9 Å². The molecule has 0 amide bonds. The first-order valence-corrected chi connectivity index (χ1v) is 9.84. The van der Waals surface area contributed by atoms with Crippen LogP contribution in [0.25, 0.3) is 0 Å². The Labute approximate surface area is 154 Å². The molecule has 144 valence electrons. The highest BCUT2D eigenvalue weighted by molar-refractivity contribution is 7.89. The second kappa shape index (κ2) is 6.16. The number of hydrogen-bond acceptors (Lipinski definition) is 5. The highest BCUT2D eigenvalue weighted by atomic mass is 32.2. The number of benzene rings is 1. The summed E-state index contributed by atoms with van der Waals surface area (Å²) < 4.78 is 65.3. The number of hydrogen-bond donors (Lipinski definition) is 0. The van der Waals surface area contributed by atoms with Crippen LogP contribution in [0.2, 0.25) is 0 Å². The number of nitrogens with zero attached hydrogens (tertiary/aromatic N) is 4. The maximum atomic E-state index is 12.9. The van der Waals surface area contributed by atoms with Gasteiger partial charge in [0, 0.05) is 36.9 Å². The molecule has 1 aromatic carbocycles. The fourth-order valence-corrected chi connectivity index (χ4v) is 5.52. The number of aryl methyl sites for hydroxylation is 1. The summed E-state index contributed by atoms with van der Waals surface area (Å²) in [6.07, 6.45) is -2.28. The van der Waals surface area contributed by atoms with Crippen molar-refractivity contribution in [1.29, 1.82) is 0 Å². The molecule has 0 radical (unpaired) electrons. The van der Waals surface area contributed by atoms with Crippen molar-refractivity contribution < 1.29 is 21.6 Å². The molecule has 6 nitrogen and oxygen atoms in total. The summed E-state index contributed by atoms with van der Waals surface area (Å²) in [7, 11) is -3.83. The third-order valence-electron chi connectivity index (χ3n) is 5.00. The minimum Gasteiger partial charge on any atom is -0.353 e. The maximum absolute atomic E-state index is 12.9. The summed E-state index contributed by atoms with van der Waals surface area (Å²) in [5.41, 5.74) is -0.0379. The molecule has 0 spiro atoms. The fraction of sp³-hybridized carbons (Fsp3) is 0.412. The Bertz CT molecular complexity index is 951. The van der Waals surface area contributed by atoms with Crippen molar-refractivity contribution >= 4 is 15.8 Å². The first kappa shape index (κ1) is 18.2. The molecule has 2 atom stereocenters.